The Morgan fingerprint density at radius 3 is 2.69 bits per heavy atom. The van der Waals surface area contributed by atoms with E-state index in [1.165, 1.54) is 25.3 Å². The highest BCUT2D eigenvalue weighted by Gasteiger charge is 2.08. The average Bonchev–Trinajstić information content (AvgIpc) is 2.28. The van der Waals surface area contributed by atoms with Gasteiger partial charge in [0.1, 0.15) is 5.82 Å². The van der Waals surface area contributed by atoms with Crippen LogP contribution in [0.1, 0.15) is 50.6 Å². The maximum Gasteiger partial charge on any atom is 0.137 e. The Kier molecular flexibility index (Phi) is 5.99. The summed E-state index contributed by atoms with van der Waals surface area (Å²) < 4.78 is 13.5. The summed E-state index contributed by atoms with van der Waals surface area (Å²) in [6.07, 6.45) is 5.84. The lowest BCUT2D eigenvalue weighted by molar-refractivity contribution is 0.563. The van der Waals surface area contributed by atoms with Gasteiger partial charge < -0.3 is 5.73 Å². The molecule has 1 unspecified atom stereocenters. The number of hydrogen-bond acceptors (Lipinski definition) is 1. The van der Waals surface area contributed by atoms with E-state index < -0.39 is 0 Å². The molecule has 0 amide bonds. The number of nitrogens with two attached hydrogens (primary N) is 1. The molecule has 1 atom stereocenters. The van der Waals surface area contributed by atoms with Crippen LogP contribution in [0, 0.1) is 5.82 Å². The predicted molar refractivity (Wildman–Crippen MR) is 69.8 cm³/mol. The van der Waals surface area contributed by atoms with Gasteiger partial charge in [-0.2, -0.15) is 0 Å². The fraction of sp³-hybridized carbons (Fsp3) is 0.538. The summed E-state index contributed by atoms with van der Waals surface area (Å²) in [6, 6.07) is 5.03. The van der Waals surface area contributed by atoms with Crippen molar-refractivity contribution in [1.82, 2.24) is 0 Å². The Hall–Kier alpha value is -0.410. The number of rotatable bonds is 6. The molecule has 0 bridgehead atoms. The first-order chi connectivity index (χ1) is 7.65. The van der Waals surface area contributed by atoms with Gasteiger partial charge in [-0.3, -0.25) is 0 Å². The molecule has 0 fully saturated rings. The highest BCUT2D eigenvalue weighted by atomic mass is 79.9. The molecule has 1 nitrogen and oxygen atoms in total. The van der Waals surface area contributed by atoms with Crippen LogP contribution in [0.4, 0.5) is 4.39 Å². The first-order valence-electron chi connectivity index (χ1n) is 5.85. The standard InChI is InChI=1S/C13H19BrFN/c1-2-3-4-5-6-13(16)10-7-8-12(15)11(14)9-10/h7-9,13H,2-6,16H2,1H3. The summed E-state index contributed by atoms with van der Waals surface area (Å²) in [5, 5.41) is 0. The third-order valence-electron chi connectivity index (χ3n) is 2.74. The van der Waals surface area contributed by atoms with Crippen LogP contribution in [-0.4, -0.2) is 0 Å². The summed E-state index contributed by atoms with van der Waals surface area (Å²) in [7, 11) is 0. The molecule has 0 radical (unpaired) electrons. The lowest BCUT2D eigenvalue weighted by Gasteiger charge is -2.12. The second kappa shape index (κ2) is 7.02. The van der Waals surface area contributed by atoms with Gasteiger partial charge >= 0.3 is 0 Å². The molecule has 16 heavy (non-hydrogen) atoms. The van der Waals surface area contributed by atoms with E-state index >= 15 is 0 Å². The summed E-state index contributed by atoms with van der Waals surface area (Å²) in [5.41, 5.74) is 7.06. The van der Waals surface area contributed by atoms with Crippen LogP contribution in [0.5, 0.6) is 0 Å². The molecular formula is C13H19BrFN. The van der Waals surface area contributed by atoms with Crippen molar-refractivity contribution in [3.63, 3.8) is 0 Å². The van der Waals surface area contributed by atoms with E-state index in [4.69, 9.17) is 5.73 Å². The molecule has 1 rings (SSSR count). The third-order valence-corrected chi connectivity index (χ3v) is 3.35. The van der Waals surface area contributed by atoms with E-state index in [0.717, 1.165) is 18.4 Å². The molecular weight excluding hydrogens is 269 g/mol. The minimum absolute atomic E-state index is 0.0220. The molecule has 0 spiro atoms. The topological polar surface area (TPSA) is 26.0 Å². The number of unbranched alkanes of at least 4 members (excludes halogenated alkanes) is 3. The van der Waals surface area contributed by atoms with Crippen LogP contribution in [0.3, 0.4) is 0 Å². The maximum absolute atomic E-state index is 13.0. The number of halogens is 2. The van der Waals surface area contributed by atoms with E-state index in [0.29, 0.717) is 4.47 Å². The number of hydrogen-bond donors (Lipinski definition) is 1. The van der Waals surface area contributed by atoms with Crippen LogP contribution in [0.2, 0.25) is 0 Å². The lowest BCUT2D eigenvalue weighted by Crippen LogP contribution is -2.10. The van der Waals surface area contributed by atoms with E-state index in [2.05, 4.69) is 22.9 Å². The van der Waals surface area contributed by atoms with E-state index in [1.54, 1.807) is 12.1 Å². The molecule has 0 saturated heterocycles. The maximum atomic E-state index is 13.0. The third kappa shape index (κ3) is 4.22. The smallest absolute Gasteiger partial charge is 0.137 e. The zero-order valence-corrected chi connectivity index (χ0v) is 11.3. The van der Waals surface area contributed by atoms with Crippen molar-refractivity contribution in [2.24, 2.45) is 5.73 Å². The largest absolute Gasteiger partial charge is 0.324 e. The van der Waals surface area contributed by atoms with Gasteiger partial charge in [-0.15, -0.1) is 0 Å². The molecule has 2 N–H and O–H groups in total. The predicted octanol–water partition coefficient (Wildman–Crippen LogP) is 4.56. The molecule has 0 aliphatic heterocycles. The van der Waals surface area contributed by atoms with Crippen molar-refractivity contribution in [3.8, 4) is 0 Å². The van der Waals surface area contributed by atoms with Crippen LogP contribution < -0.4 is 5.73 Å². The van der Waals surface area contributed by atoms with Crippen molar-refractivity contribution >= 4 is 15.9 Å². The van der Waals surface area contributed by atoms with Crippen LogP contribution in [-0.2, 0) is 0 Å². The van der Waals surface area contributed by atoms with Gasteiger partial charge in [0.2, 0.25) is 0 Å². The van der Waals surface area contributed by atoms with Gasteiger partial charge in [-0.05, 0) is 40.0 Å². The van der Waals surface area contributed by atoms with Gasteiger partial charge in [0, 0.05) is 6.04 Å². The van der Waals surface area contributed by atoms with E-state index in [-0.39, 0.29) is 11.9 Å². The molecule has 1 aromatic carbocycles. The van der Waals surface area contributed by atoms with Gasteiger partial charge in [0.25, 0.3) is 0 Å². The fourth-order valence-corrected chi connectivity index (χ4v) is 2.10. The summed E-state index contributed by atoms with van der Waals surface area (Å²) in [4.78, 5) is 0. The van der Waals surface area contributed by atoms with Gasteiger partial charge in [0.15, 0.2) is 0 Å². The second-order valence-electron chi connectivity index (χ2n) is 4.13. The molecule has 0 heterocycles. The SMILES string of the molecule is CCCCCCC(N)c1ccc(F)c(Br)c1. The van der Waals surface area contributed by atoms with Crippen molar-refractivity contribution in [3.05, 3.63) is 34.1 Å². The van der Waals surface area contributed by atoms with Crippen LogP contribution in [0.25, 0.3) is 0 Å². The van der Waals surface area contributed by atoms with Gasteiger partial charge in [0.05, 0.1) is 4.47 Å². The first kappa shape index (κ1) is 13.7. The van der Waals surface area contributed by atoms with Gasteiger partial charge in [-0.25, -0.2) is 4.39 Å². The van der Waals surface area contributed by atoms with Crippen molar-refractivity contribution in [2.45, 2.75) is 45.1 Å². The lowest BCUT2D eigenvalue weighted by atomic mass is 10.0. The number of benzene rings is 1. The molecule has 3 heteroatoms. The van der Waals surface area contributed by atoms with E-state index in [9.17, 15) is 4.39 Å². The summed E-state index contributed by atoms with van der Waals surface area (Å²) in [5.74, 6) is -0.234. The zero-order chi connectivity index (χ0) is 12.0. The minimum atomic E-state index is -0.234. The molecule has 1 aromatic rings. The quantitative estimate of drug-likeness (QED) is 0.763. The molecule has 0 saturated carbocycles. The van der Waals surface area contributed by atoms with Crippen molar-refractivity contribution in [2.75, 3.05) is 0 Å². The highest BCUT2D eigenvalue weighted by Crippen LogP contribution is 2.23. The zero-order valence-electron chi connectivity index (χ0n) is 9.68. The van der Waals surface area contributed by atoms with Gasteiger partial charge in [-0.1, -0.05) is 38.7 Å². The Bertz CT molecular complexity index is 328. The normalized spacial score (nSPS) is 12.8. The Labute approximate surface area is 105 Å². The molecule has 90 valence electrons. The van der Waals surface area contributed by atoms with E-state index in [1.807, 2.05) is 0 Å². The van der Waals surface area contributed by atoms with Crippen LogP contribution in [0.15, 0.2) is 22.7 Å². The molecule has 0 aromatic heterocycles. The Balaban J connectivity index is 2.46. The minimum Gasteiger partial charge on any atom is -0.324 e. The van der Waals surface area contributed by atoms with Crippen molar-refractivity contribution in [1.29, 1.82) is 0 Å². The summed E-state index contributed by atoms with van der Waals surface area (Å²) >= 11 is 3.18. The first-order valence-corrected chi connectivity index (χ1v) is 6.65. The Morgan fingerprint density at radius 2 is 2.06 bits per heavy atom. The fourth-order valence-electron chi connectivity index (χ4n) is 1.70. The summed E-state index contributed by atoms with van der Waals surface area (Å²) in [6.45, 7) is 2.19. The molecule has 0 aliphatic rings. The second-order valence-corrected chi connectivity index (χ2v) is 4.98. The monoisotopic (exact) mass is 287 g/mol. The van der Waals surface area contributed by atoms with Crippen molar-refractivity contribution < 1.29 is 4.39 Å². The molecule has 0 aliphatic carbocycles. The Morgan fingerprint density at radius 1 is 1.31 bits per heavy atom. The average molecular weight is 288 g/mol. The van der Waals surface area contributed by atoms with Crippen LogP contribution >= 0.6 is 15.9 Å². The highest BCUT2D eigenvalue weighted by molar-refractivity contribution is 9.10.